The van der Waals surface area contributed by atoms with E-state index in [2.05, 4.69) is 9.84 Å². The highest BCUT2D eigenvalue weighted by Gasteiger charge is 2.48. The molecular weight excluding hydrogens is 290 g/mol. The van der Waals surface area contributed by atoms with E-state index in [4.69, 9.17) is 0 Å². The molecule has 0 spiro atoms. The molecule has 122 valence electrons. The second-order valence-electron chi connectivity index (χ2n) is 5.36. The van der Waals surface area contributed by atoms with Gasteiger partial charge in [0.1, 0.15) is 5.71 Å². The van der Waals surface area contributed by atoms with E-state index in [1.165, 1.54) is 26.0 Å². The third-order valence-electron chi connectivity index (χ3n) is 3.04. The first-order chi connectivity index (χ1) is 10.1. The fourth-order valence-electron chi connectivity index (χ4n) is 2.34. The van der Waals surface area contributed by atoms with Gasteiger partial charge in [-0.3, -0.25) is 0 Å². The fraction of sp³-hybridized carbons (Fsp3) is 0.500. The first kappa shape index (κ1) is 18.1. The largest absolute Gasteiger partial charge is 0.461 e. The van der Waals surface area contributed by atoms with Crippen LogP contribution in [0.4, 0.5) is 8.78 Å². The molecule has 0 aromatic heterocycles. The van der Waals surface area contributed by atoms with Crippen LogP contribution in [0.25, 0.3) is 0 Å². The lowest BCUT2D eigenvalue weighted by Gasteiger charge is -2.22. The normalized spacial score (nSPS) is 12.3. The summed E-state index contributed by atoms with van der Waals surface area (Å²) in [5, 5.41) is 5.12. The van der Waals surface area contributed by atoms with Gasteiger partial charge in [0.15, 0.2) is 0 Å². The molecule has 0 heterocycles. The van der Waals surface area contributed by atoms with Gasteiger partial charge in [0, 0.05) is 19.7 Å². The molecule has 0 aliphatic heterocycles. The Labute approximate surface area is 129 Å². The maximum atomic E-state index is 14.5. The Kier molecular flexibility index (Phi) is 5.63. The van der Waals surface area contributed by atoms with Crippen LogP contribution in [0.2, 0.25) is 0 Å². The highest BCUT2D eigenvalue weighted by atomic mass is 19.3. The van der Waals surface area contributed by atoms with Gasteiger partial charge in [-0.25, -0.2) is 4.79 Å². The van der Waals surface area contributed by atoms with Crippen LogP contribution in [-0.2, 0) is 9.53 Å². The molecule has 0 bridgehead atoms. The van der Waals surface area contributed by atoms with Crippen molar-refractivity contribution >= 4 is 11.7 Å². The van der Waals surface area contributed by atoms with Crippen LogP contribution in [0.1, 0.15) is 29.2 Å². The van der Waals surface area contributed by atoms with Crippen molar-refractivity contribution in [2.45, 2.75) is 33.6 Å². The molecule has 0 amide bonds. The first-order valence-corrected chi connectivity index (χ1v) is 7.00. The molecule has 0 aliphatic carbocycles. The van der Waals surface area contributed by atoms with Gasteiger partial charge in [0.2, 0.25) is 0 Å². The highest BCUT2D eigenvalue weighted by molar-refractivity contribution is 6.18. The van der Waals surface area contributed by atoms with E-state index in [0.717, 1.165) is 5.56 Å². The summed E-state index contributed by atoms with van der Waals surface area (Å²) in [4.78, 5) is 11.7. The molecule has 6 heteroatoms. The van der Waals surface area contributed by atoms with Gasteiger partial charge < -0.3 is 9.75 Å². The molecule has 1 aromatic rings. The SMILES string of the molecule is CCOC(=O)C(F)(F)/C(=N/N(C)C)c1c(C)cc(C)cc1C. The summed E-state index contributed by atoms with van der Waals surface area (Å²) in [7, 11) is 3.06. The molecule has 0 unspecified atom stereocenters. The predicted molar refractivity (Wildman–Crippen MR) is 82.5 cm³/mol. The minimum absolute atomic E-state index is 0.116. The number of carbonyl (C=O) groups is 1. The lowest BCUT2D eigenvalue weighted by molar-refractivity contribution is -0.162. The van der Waals surface area contributed by atoms with Gasteiger partial charge >= 0.3 is 11.9 Å². The van der Waals surface area contributed by atoms with Gasteiger partial charge in [-0.1, -0.05) is 17.7 Å². The highest BCUT2D eigenvalue weighted by Crippen LogP contribution is 2.28. The number of hydrogen-bond acceptors (Lipinski definition) is 4. The Morgan fingerprint density at radius 3 is 2.14 bits per heavy atom. The Morgan fingerprint density at radius 2 is 1.73 bits per heavy atom. The van der Waals surface area contributed by atoms with Crippen LogP contribution < -0.4 is 0 Å². The summed E-state index contributed by atoms with van der Waals surface area (Å²) < 4.78 is 33.6. The molecule has 1 aromatic carbocycles. The van der Waals surface area contributed by atoms with Crippen molar-refractivity contribution in [2.75, 3.05) is 20.7 Å². The summed E-state index contributed by atoms with van der Waals surface area (Å²) in [6.07, 6.45) is 0. The molecule has 4 nitrogen and oxygen atoms in total. The summed E-state index contributed by atoms with van der Waals surface area (Å²) in [6.45, 7) is 6.70. The van der Waals surface area contributed by atoms with Gasteiger partial charge in [-0.2, -0.15) is 13.9 Å². The number of hydrazone groups is 1. The first-order valence-electron chi connectivity index (χ1n) is 7.00. The van der Waals surface area contributed by atoms with Crippen LogP contribution in [0.15, 0.2) is 17.2 Å². The number of alkyl halides is 2. The van der Waals surface area contributed by atoms with E-state index in [1.54, 1.807) is 26.0 Å². The van der Waals surface area contributed by atoms with E-state index in [0.29, 0.717) is 11.1 Å². The third kappa shape index (κ3) is 3.81. The Balaban J connectivity index is 3.54. The monoisotopic (exact) mass is 312 g/mol. The van der Waals surface area contributed by atoms with Gasteiger partial charge in [-0.15, -0.1) is 0 Å². The van der Waals surface area contributed by atoms with Crippen LogP contribution in [0, 0.1) is 20.8 Å². The minimum atomic E-state index is -3.81. The summed E-state index contributed by atoms with van der Waals surface area (Å²) in [5.74, 6) is -5.40. The van der Waals surface area contributed by atoms with Crippen molar-refractivity contribution in [3.8, 4) is 0 Å². The summed E-state index contributed by atoms with van der Waals surface area (Å²) in [6, 6.07) is 3.57. The third-order valence-corrected chi connectivity index (χ3v) is 3.04. The molecule has 0 saturated carbocycles. The molecule has 0 atom stereocenters. The van der Waals surface area contributed by atoms with E-state index in [9.17, 15) is 13.6 Å². The van der Waals surface area contributed by atoms with Gasteiger partial charge in [0.05, 0.1) is 6.61 Å². The lowest BCUT2D eigenvalue weighted by Crippen LogP contribution is -2.41. The zero-order valence-corrected chi connectivity index (χ0v) is 13.8. The maximum absolute atomic E-state index is 14.5. The van der Waals surface area contributed by atoms with Gasteiger partial charge in [0.25, 0.3) is 0 Å². The van der Waals surface area contributed by atoms with E-state index >= 15 is 0 Å². The van der Waals surface area contributed by atoms with E-state index in [1.807, 2.05) is 6.92 Å². The molecular formula is C16H22F2N2O2. The van der Waals surface area contributed by atoms with Crippen LogP contribution >= 0.6 is 0 Å². The van der Waals surface area contributed by atoms with Crippen molar-refractivity contribution in [1.82, 2.24) is 5.01 Å². The predicted octanol–water partition coefficient (Wildman–Crippen LogP) is 3.08. The molecule has 0 saturated heterocycles. The standard InChI is InChI=1S/C16H22F2N2O2/c1-7-22-15(21)16(17,18)14(19-20(5)6)13-11(3)8-10(2)9-12(13)4/h8-9H,7H2,1-6H3/b19-14+. The van der Waals surface area contributed by atoms with Crippen molar-refractivity contribution in [2.24, 2.45) is 5.10 Å². The summed E-state index contributed by atoms with van der Waals surface area (Å²) in [5.41, 5.74) is 1.93. The van der Waals surface area contributed by atoms with Crippen molar-refractivity contribution in [1.29, 1.82) is 0 Å². The second-order valence-corrected chi connectivity index (χ2v) is 5.36. The topological polar surface area (TPSA) is 41.9 Å². The zero-order chi connectivity index (χ0) is 17.1. The maximum Gasteiger partial charge on any atom is 0.386 e. The Morgan fingerprint density at radius 1 is 1.23 bits per heavy atom. The van der Waals surface area contributed by atoms with E-state index in [-0.39, 0.29) is 12.2 Å². The van der Waals surface area contributed by atoms with Crippen molar-refractivity contribution < 1.29 is 18.3 Å². The average Bonchev–Trinajstić information content (AvgIpc) is 2.36. The number of carbonyl (C=O) groups excluding carboxylic acids is 1. The Bertz CT molecular complexity index is 573. The Hall–Kier alpha value is -1.98. The number of ether oxygens (including phenoxy) is 1. The molecule has 0 radical (unpaired) electrons. The molecule has 1 rings (SSSR count). The molecule has 0 aliphatic rings. The van der Waals surface area contributed by atoms with E-state index < -0.39 is 17.6 Å². The van der Waals surface area contributed by atoms with Crippen LogP contribution in [0.5, 0.6) is 0 Å². The number of halogens is 2. The van der Waals surface area contributed by atoms with Crippen molar-refractivity contribution in [3.63, 3.8) is 0 Å². The fourth-order valence-corrected chi connectivity index (χ4v) is 2.34. The quantitative estimate of drug-likeness (QED) is 0.477. The number of hydrogen-bond donors (Lipinski definition) is 0. The number of nitrogens with zero attached hydrogens (tertiary/aromatic N) is 2. The number of rotatable bonds is 5. The number of aryl methyl sites for hydroxylation is 3. The smallest absolute Gasteiger partial charge is 0.386 e. The lowest BCUT2D eigenvalue weighted by atomic mass is 9.93. The average molecular weight is 312 g/mol. The minimum Gasteiger partial charge on any atom is -0.461 e. The molecule has 0 fully saturated rings. The number of benzene rings is 1. The molecule has 0 N–H and O–H groups in total. The number of esters is 1. The van der Waals surface area contributed by atoms with Crippen LogP contribution in [-0.4, -0.2) is 43.3 Å². The zero-order valence-electron chi connectivity index (χ0n) is 13.8. The molecule has 22 heavy (non-hydrogen) atoms. The van der Waals surface area contributed by atoms with Gasteiger partial charge in [-0.05, 0) is 38.8 Å². The van der Waals surface area contributed by atoms with Crippen molar-refractivity contribution in [3.05, 3.63) is 34.4 Å². The summed E-state index contributed by atoms with van der Waals surface area (Å²) >= 11 is 0. The second kappa shape index (κ2) is 6.85. The van der Waals surface area contributed by atoms with Crippen LogP contribution in [0.3, 0.4) is 0 Å².